The van der Waals surface area contributed by atoms with Crippen molar-refractivity contribution in [3.8, 4) is 6.07 Å². The summed E-state index contributed by atoms with van der Waals surface area (Å²) in [4.78, 5) is 1.04. The first-order chi connectivity index (χ1) is 9.00. The van der Waals surface area contributed by atoms with Crippen molar-refractivity contribution < 1.29 is 4.39 Å². The summed E-state index contributed by atoms with van der Waals surface area (Å²) in [5.41, 5.74) is -0.465. The number of benzene rings is 1. The monoisotopic (exact) mass is 278 g/mol. The molecule has 19 heavy (non-hydrogen) atoms. The first-order valence-corrected chi connectivity index (χ1v) is 7.50. The number of nitriles is 1. The summed E-state index contributed by atoms with van der Waals surface area (Å²) in [5, 5.41) is 13.1. The van der Waals surface area contributed by atoms with Crippen molar-refractivity contribution in [1.29, 1.82) is 5.26 Å². The van der Waals surface area contributed by atoms with Gasteiger partial charge in [0.15, 0.2) is 0 Å². The van der Waals surface area contributed by atoms with Crippen LogP contribution in [0.5, 0.6) is 0 Å². The molecule has 1 aromatic carbocycles. The fourth-order valence-corrected chi connectivity index (χ4v) is 3.35. The smallest absolute Gasteiger partial charge is 0.123 e. The molecule has 0 aromatic heterocycles. The van der Waals surface area contributed by atoms with Crippen molar-refractivity contribution in [3.63, 3.8) is 0 Å². The minimum Gasteiger partial charge on any atom is -0.297 e. The van der Waals surface area contributed by atoms with E-state index in [1.165, 1.54) is 25.0 Å². The van der Waals surface area contributed by atoms with Gasteiger partial charge in [0.1, 0.15) is 11.4 Å². The summed E-state index contributed by atoms with van der Waals surface area (Å²) < 4.78 is 12.8. The lowest BCUT2D eigenvalue weighted by Gasteiger charge is -2.26. The normalized spacial score (nSPS) is 19.5. The number of hydrogen-bond acceptors (Lipinski definition) is 3. The predicted octanol–water partition coefficient (Wildman–Crippen LogP) is 3.73. The van der Waals surface area contributed by atoms with Gasteiger partial charge in [-0.3, -0.25) is 5.32 Å². The first kappa shape index (κ1) is 14.4. The molecule has 2 nitrogen and oxygen atoms in total. The molecule has 0 aliphatic heterocycles. The van der Waals surface area contributed by atoms with E-state index >= 15 is 0 Å². The number of hydrogen-bond donors (Lipinski definition) is 1. The third-order valence-corrected chi connectivity index (χ3v) is 4.31. The Morgan fingerprint density at radius 1 is 1.47 bits per heavy atom. The molecule has 0 amide bonds. The maximum Gasteiger partial charge on any atom is 0.123 e. The van der Waals surface area contributed by atoms with Crippen LogP contribution in [-0.4, -0.2) is 16.8 Å². The molecular formula is C15H19FN2S. The van der Waals surface area contributed by atoms with Crippen molar-refractivity contribution in [2.75, 3.05) is 0 Å². The lowest BCUT2D eigenvalue weighted by atomic mass is 9.98. The SMILES string of the molecule is CC(CC(C)(C#N)NC1CC1)Sc1ccc(F)cc1. The Morgan fingerprint density at radius 2 is 2.11 bits per heavy atom. The average molecular weight is 278 g/mol. The van der Waals surface area contributed by atoms with Gasteiger partial charge in [-0.15, -0.1) is 11.8 Å². The van der Waals surface area contributed by atoms with Crippen LogP contribution in [0.15, 0.2) is 29.2 Å². The molecule has 0 radical (unpaired) electrons. The zero-order chi connectivity index (χ0) is 13.9. The van der Waals surface area contributed by atoms with Crippen LogP contribution in [0.2, 0.25) is 0 Å². The van der Waals surface area contributed by atoms with E-state index in [0.717, 1.165) is 11.3 Å². The molecule has 2 rings (SSSR count). The molecule has 0 heterocycles. The maximum absolute atomic E-state index is 12.8. The molecule has 1 aromatic rings. The maximum atomic E-state index is 12.8. The third-order valence-electron chi connectivity index (χ3n) is 3.19. The van der Waals surface area contributed by atoms with Gasteiger partial charge in [0, 0.05) is 16.2 Å². The highest BCUT2D eigenvalue weighted by Crippen LogP contribution is 2.31. The van der Waals surface area contributed by atoms with Crippen LogP contribution < -0.4 is 5.32 Å². The largest absolute Gasteiger partial charge is 0.297 e. The van der Waals surface area contributed by atoms with E-state index in [-0.39, 0.29) is 5.82 Å². The van der Waals surface area contributed by atoms with Gasteiger partial charge >= 0.3 is 0 Å². The fourth-order valence-electron chi connectivity index (χ4n) is 2.18. The Hall–Kier alpha value is -1.05. The van der Waals surface area contributed by atoms with Gasteiger partial charge in [-0.05, 0) is 50.5 Å². The van der Waals surface area contributed by atoms with E-state index in [9.17, 15) is 9.65 Å². The Balaban J connectivity index is 1.90. The summed E-state index contributed by atoms with van der Waals surface area (Å²) >= 11 is 1.68. The van der Waals surface area contributed by atoms with Gasteiger partial charge in [-0.1, -0.05) is 6.92 Å². The molecule has 0 saturated heterocycles. The molecule has 1 N–H and O–H groups in total. The van der Waals surface area contributed by atoms with Gasteiger partial charge in [0.05, 0.1) is 6.07 Å². The fraction of sp³-hybridized carbons (Fsp3) is 0.533. The standard InChI is InChI=1S/C15H19FN2S/c1-11(19-14-7-3-12(16)4-8-14)9-15(2,10-17)18-13-5-6-13/h3-4,7-8,11,13,18H,5-6,9H2,1-2H3. The Labute approximate surface area is 118 Å². The minimum atomic E-state index is -0.465. The predicted molar refractivity (Wildman–Crippen MR) is 76.5 cm³/mol. The molecule has 1 aliphatic carbocycles. The van der Waals surface area contributed by atoms with Crippen molar-refractivity contribution >= 4 is 11.8 Å². The number of nitrogens with zero attached hydrogens (tertiary/aromatic N) is 1. The summed E-state index contributed by atoms with van der Waals surface area (Å²) in [6.07, 6.45) is 3.13. The van der Waals surface area contributed by atoms with Crippen LogP contribution in [-0.2, 0) is 0 Å². The van der Waals surface area contributed by atoms with Gasteiger partial charge < -0.3 is 0 Å². The van der Waals surface area contributed by atoms with Crippen LogP contribution >= 0.6 is 11.8 Å². The molecule has 1 saturated carbocycles. The second-order valence-corrected chi connectivity index (χ2v) is 6.96. The van der Waals surface area contributed by atoms with Gasteiger partial charge in [0.2, 0.25) is 0 Å². The lowest BCUT2D eigenvalue weighted by molar-refractivity contribution is 0.415. The number of halogens is 1. The number of thioether (sulfide) groups is 1. The van der Waals surface area contributed by atoms with Crippen LogP contribution in [0.4, 0.5) is 4.39 Å². The van der Waals surface area contributed by atoms with E-state index in [2.05, 4.69) is 18.3 Å². The molecule has 1 fully saturated rings. The molecule has 0 bridgehead atoms. The second-order valence-electron chi connectivity index (χ2n) is 5.45. The molecule has 2 atom stereocenters. The average Bonchev–Trinajstić information content (AvgIpc) is 3.15. The molecular weight excluding hydrogens is 259 g/mol. The van der Waals surface area contributed by atoms with E-state index in [0.29, 0.717) is 11.3 Å². The Bertz CT molecular complexity index is 464. The quantitative estimate of drug-likeness (QED) is 0.805. The molecule has 2 unspecified atom stereocenters. The second kappa shape index (κ2) is 5.94. The summed E-state index contributed by atoms with van der Waals surface area (Å²) in [6.45, 7) is 4.07. The van der Waals surface area contributed by atoms with Crippen LogP contribution in [0.3, 0.4) is 0 Å². The Morgan fingerprint density at radius 3 is 2.63 bits per heavy atom. The Kier molecular flexibility index (Phi) is 4.49. The minimum absolute atomic E-state index is 0.214. The molecule has 102 valence electrons. The summed E-state index contributed by atoms with van der Waals surface area (Å²) in [6, 6.07) is 9.43. The zero-order valence-corrected chi connectivity index (χ0v) is 12.1. The van der Waals surface area contributed by atoms with Crippen molar-refractivity contribution in [2.45, 2.75) is 54.8 Å². The molecule has 1 aliphatic rings. The van der Waals surface area contributed by atoms with E-state index < -0.39 is 5.54 Å². The molecule has 4 heteroatoms. The van der Waals surface area contributed by atoms with E-state index in [1.807, 2.05) is 6.92 Å². The van der Waals surface area contributed by atoms with Crippen molar-refractivity contribution in [3.05, 3.63) is 30.1 Å². The van der Waals surface area contributed by atoms with Crippen molar-refractivity contribution in [1.82, 2.24) is 5.32 Å². The van der Waals surface area contributed by atoms with Gasteiger partial charge in [-0.25, -0.2) is 4.39 Å². The topological polar surface area (TPSA) is 35.8 Å². The van der Waals surface area contributed by atoms with Crippen molar-refractivity contribution in [2.24, 2.45) is 0 Å². The van der Waals surface area contributed by atoms with Crippen LogP contribution in [0.25, 0.3) is 0 Å². The third kappa shape index (κ3) is 4.52. The highest BCUT2D eigenvalue weighted by Gasteiger charge is 2.33. The highest BCUT2D eigenvalue weighted by molar-refractivity contribution is 7.99. The highest BCUT2D eigenvalue weighted by atomic mass is 32.2. The molecule has 0 spiro atoms. The number of rotatable bonds is 6. The van der Waals surface area contributed by atoms with E-state index in [1.54, 1.807) is 23.9 Å². The van der Waals surface area contributed by atoms with E-state index in [4.69, 9.17) is 0 Å². The first-order valence-electron chi connectivity index (χ1n) is 6.62. The van der Waals surface area contributed by atoms with Crippen LogP contribution in [0, 0.1) is 17.1 Å². The number of nitrogens with one attached hydrogen (secondary N) is 1. The van der Waals surface area contributed by atoms with Gasteiger partial charge in [0.25, 0.3) is 0 Å². The summed E-state index contributed by atoms with van der Waals surface area (Å²) in [7, 11) is 0. The van der Waals surface area contributed by atoms with Gasteiger partial charge in [-0.2, -0.15) is 5.26 Å². The zero-order valence-electron chi connectivity index (χ0n) is 11.3. The summed E-state index contributed by atoms with van der Waals surface area (Å²) in [5.74, 6) is -0.214. The van der Waals surface area contributed by atoms with Crippen LogP contribution in [0.1, 0.15) is 33.1 Å². The lowest BCUT2D eigenvalue weighted by Crippen LogP contribution is -2.44.